The largest absolute Gasteiger partial charge is 0.480 e. The number of aliphatic carboxylic acids is 1. The average molecular weight is 425 g/mol. The summed E-state index contributed by atoms with van der Waals surface area (Å²) in [5.41, 5.74) is 2.66. The molecule has 0 unspecified atom stereocenters. The maximum absolute atomic E-state index is 13.1. The van der Waals surface area contributed by atoms with Crippen molar-refractivity contribution in [1.29, 1.82) is 0 Å². The van der Waals surface area contributed by atoms with Crippen LogP contribution in [-0.4, -0.2) is 23.0 Å². The number of halogens is 3. The van der Waals surface area contributed by atoms with Gasteiger partial charge < -0.3 is 10.4 Å². The van der Waals surface area contributed by atoms with Crippen LogP contribution in [0.3, 0.4) is 0 Å². The number of alkyl halides is 3. The monoisotopic (exact) mass is 425 g/mol. The van der Waals surface area contributed by atoms with E-state index in [4.69, 9.17) is 0 Å². The summed E-state index contributed by atoms with van der Waals surface area (Å²) in [6.45, 7) is 0. The first kappa shape index (κ1) is 20.7. The van der Waals surface area contributed by atoms with Crippen molar-refractivity contribution in [3.05, 3.63) is 95.1 Å². The topological polar surface area (TPSA) is 66.4 Å². The minimum Gasteiger partial charge on any atom is -0.480 e. The fourth-order valence-electron chi connectivity index (χ4n) is 4.00. The molecule has 31 heavy (non-hydrogen) atoms. The van der Waals surface area contributed by atoms with E-state index in [2.05, 4.69) is 5.32 Å². The molecule has 0 saturated carbocycles. The van der Waals surface area contributed by atoms with E-state index < -0.39 is 35.6 Å². The molecule has 1 aliphatic carbocycles. The van der Waals surface area contributed by atoms with Crippen LogP contribution in [0.25, 0.3) is 11.1 Å². The summed E-state index contributed by atoms with van der Waals surface area (Å²) in [6.07, 6.45) is -4.80. The summed E-state index contributed by atoms with van der Waals surface area (Å²) in [4.78, 5) is 24.9. The van der Waals surface area contributed by atoms with E-state index in [-0.39, 0.29) is 12.0 Å². The summed E-state index contributed by atoms with van der Waals surface area (Å²) in [5.74, 6) is -2.50. The number of carbonyl (C=O) groups is 2. The van der Waals surface area contributed by atoms with Gasteiger partial charge in [0.05, 0.1) is 11.5 Å². The van der Waals surface area contributed by atoms with Gasteiger partial charge in [-0.05, 0) is 33.9 Å². The molecule has 7 heteroatoms. The molecule has 0 fully saturated rings. The SMILES string of the molecule is O=C(N[C@@H](Cc1cccc(C(F)(F)F)c1)C(=O)O)C1c2ccccc2-c2ccccc21. The summed E-state index contributed by atoms with van der Waals surface area (Å²) in [6, 6.07) is 17.9. The molecule has 0 radical (unpaired) electrons. The second-order valence-corrected chi connectivity index (χ2v) is 7.41. The van der Waals surface area contributed by atoms with Crippen LogP contribution in [0.1, 0.15) is 28.2 Å². The lowest BCUT2D eigenvalue weighted by Crippen LogP contribution is -2.44. The van der Waals surface area contributed by atoms with Gasteiger partial charge in [-0.15, -0.1) is 0 Å². The maximum Gasteiger partial charge on any atom is 0.416 e. The van der Waals surface area contributed by atoms with Crippen molar-refractivity contribution in [2.24, 2.45) is 0 Å². The third-order valence-electron chi connectivity index (χ3n) is 5.40. The molecule has 3 aromatic rings. The molecule has 3 aromatic carbocycles. The van der Waals surface area contributed by atoms with Gasteiger partial charge in [0.2, 0.25) is 5.91 Å². The highest BCUT2D eigenvalue weighted by atomic mass is 19.4. The lowest BCUT2D eigenvalue weighted by atomic mass is 9.95. The third-order valence-corrected chi connectivity index (χ3v) is 5.40. The number of fused-ring (bicyclic) bond motifs is 3. The zero-order valence-electron chi connectivity index (χ0n) is 16.2. The smallest absolute Gasteiger partial charge is 0.416 e. The highest BCUT2D eigenvalue weighted by Crippen LogP contribution is 2.44. The Kier molecular flexibility index (Phi) is 5.27. The Morgan fingerprint density at radius 2 is 1.48 bits per heavy atom. The standard InChI is InChI=1S/C24H18F3NO3/c25-24(26,27)15-7-5-6-14(12-15)13-20(23(30)31)28-22(29)21-18-10-3-1-8-16(18)17-9-2-4-11-19(17)21/h1-12,20-21H,13H2,(H,28,29)(H,30,31)/t20-/m0/s1. The lowest BCUT2D eigenvalue weighted by Gasteiger charge is -2.19. The first-order valence-corrected chi connectivity index (χ1v) is 9.63. The van der Waals surface area contributed by atoms with Crippen molar-refractivity contribution in [2.45, 2.75) is 24.6 Å². The number of carboxylic acid groups (broad SMARTS) is 1. The van der Waals surface area contributed by atoms with E-state index >= 15 is 0 Å². The number of hydrogen-bond acceptors (Lipinski definition) is 2. The first-order valence-electron chi connectivity index (χ1n) is 9.63. The fourth-order valence-corrected chi connectivity index (χ4v) is 4.00. The third kappa shape index (κ3) is 4.03. The van der Waals surface area contributed by atoms with Crippen molar-refractivity contribution in [3.63, 3.8) is 0 Å². The average Bonchev–Trinajstić information content (AvgIpc) is 3.07. The molecular formula is C24H18F3NO3. The predicted molar refractivity (Wildman–Crippen MR) is 108 cm³/mol. The van der Waals surface area contributed by atoms with Crippen molar-refractivity contribution in [3.8, 4) is 11.1 Å². The number of carbonyl (C=O) groups excluding carboxylic acids is 1. The van der Waals surface area contributed by atoms with E-state index in [1.54, 1.807) is 0 Å². The van der Waals surface area contributed by atoms with Crippen LogP contribution in [0.5, 0.6) is 0 Å². The molecule has 0 heterocycles. The molecule has 0 saturated heterocycles. The second-order valence-electron chi connectivity index (χ2n) is 7.41. The number of hydrogen-bond donors (Lipinski definition) is 2. The second kappa shape index (κ2) is 7.91. The Morgan fingerprint density at radius 3 is 2.03 bits per heavy atom. The number of nitrogens with one attached hydrogen (secondary N) is 1. The van der Waals surface area contributed by atoms with Gasteiger partial charge in [0.15, 0.2) is 0 Å². The highest BCUT2D eigenvalue weighted by Gasteiger charge is 2.35. The maximum atomic E-state index is 13.1. The van der Waals surface area contributed by atoms with Gasteiger partial charge in [-0.1, -0.05) is 66.7 Å². The predicted octanol–water partition coefficient (Wildman–Crippen LogP) is 4.63. The van der Waals surface area contributed by atoms with Crippen molar-refractivity contribution >= 4 is 11.9 Å². The molecule has 2 N–H and O–H groups in total. The van der Waals surface area contributed by atoms with Gasteiger partial charge in [-0.2, -0.15) is 13.2 Å². The van der Waals surface area contributed by atoms with Crippen LogP contribution in [0.2, 0.25) is 0 Å². The van der Waals surface area contributed by atoms with E-state index in [1.807, 2.05) is 48.5 Å². The van der Waals surface area contributed by atoms with Crippen LogP contribution in [0.4, 0.5) is 13.2 Å². The highest BCUT2D eigenvalue weighted by molar-refractivity contribution is 5.97. The van der Waals surface area contributed by atoms with Crippen LogP contribution in [0, 0.1) is 0 Å². The molecule has 1 amide bonds. The molecular weight excluding hydrogens is 407 g/mol. The number of benzene rings is 3. The van der Waals surface area contributed by atoms with Gasteiger partial charge in [-0.25, -0.2) is 4.79 Å². The van der Waals surface area contributed by atoms with Gasteiger partial charge in [0.1, 0.15) is 6.04 Å². The Labute approximate surface area is 176 Å². The zero-order valence-corrected chi connectivity index (χ0v) is 16.2. The molecule has 4 nitrogen and oxygen atoms in total. The first-order chi connectivity index (χ1) is 14.8. The van der Waals surface area contributed by atoms with Gasteiger partial charge >= 0.3 is 12.1 Å². The molecule has 0 aromatic heterocycles. The molecule has 158 valence electrons. The molecule has 4 rings (SSSR count). The Hall–Kier alpha value is -3.61. The van der Waals surface area contributed by atoms with E-state index in [0.717, 1.165) is 34.4 Å². The van der Waals surface area contributed by atoms with Crippen LogP contribution in [-0.2, 0) is 22.2 Å². The van der Waals surface area contributed by atoms with Gasteiger partial charge in [-0.3, -0.25) is 4.79 Å². The Balaban J connectivity index is 1.60. The summed E-state index contributed by atoms with van der Waals surface area (Å²) in [5, 5.41) is 12.1. The molecule has 0 spiro atoms. The Morgan fingerprint density at radius 1 is 0.903 bits per heavy atom. The van der Waals surface area contributed by atoms with Gasteiger partial charge in [0.25, 0.3) is 0 Å². The zero-order chi connectivity index (χ0) is 22.2. The van der Waals surface area contributed by atoms with Crippen molar-refractivity contribution in [2.75, 3.05) is 0 Å². The minimum absolute atomic E-state index is 0.176. The summed E-state index contributed by atoms with van der Waals surface area (Å²) in [7, 11) is 0. The normalized spacial score (nSPS) is 13.9. The fraction of sp³-hybridized carbons (Fsp3) is 0.167. The van der Waals surface area contributed by atoms with Crippen LogP contribution >= 0.6 is 0 Å². The van der Waals surface area contributed by atoms with Crippen LogP contribution < -0.4 is 5.32 Å². The Bertz CT molecular complexity index is 1110. The molecule has 0 bridgehead atoms. The van der Waals surface area contributed by atoms with Gasteiger partial charge in [0, 0.05) is 6.42 Å². The van der Waals surface area contributed by atoms with E-state index in [0.29, 0.717) is 0 Å². The lowest BCUT2D eigenvalue weighted by molar-refractivity contribution is -0.141. The summed E-state index contributed by atoms with van der Waals surface area (Å²) < 4.78 is 38.9. The van der Waals surface area contributed by atoms with Crippen LogP contribution in [0.15, 0.2) is 72.8 Å². The van der Waals surface area contributed by atoms with Crippen molar-refractivity contribution in [1.82, 2.24) is 5.32 Å². The van der Waals surface area contributed by atoms with E-state index in [1.165, 1.54) is 12.1 Å². The molecule has 1 aliphatic rings. The number of rotatable bonds is 5. The molecule has 0 aliphatic heterocycles. The van der Waals surface area contributed by atoms with E-state index in [9.17, 15) is 27.9 Å². The molecule has 1 atom stereocenters. The minimum atomic E-state index is -4.53. The quantitative estimate of drug-likeness (QED) is 0.627. The number of amides is 1. The summed E-state index contributed by atoms with van der Waals surface area (Å²) >= 11 is 0. The number of carboxylic acids is 1. The van der Waals surface area contributed by atoms with Crippen molar-refractivity contribution < 1.29 is 27.9 Å².